The molecule has 0 saturated carbocycles. The minimum absolute atomic E-state index is 0.00852. The van der Waals surface area contributed by atoms with Crippen LogP contribution in [0.4, 0.5) is 0 Å². The molecule has 2 atom stereocenters. The van der Waals surface area contributed by atoms with Gasteiger partial charge in [0.15, 0.2) is 0 Å². The largest absolute Gasteiger partial charge is 0.496 e. The van der Waals surface area contributed by atoms with Crippen LogP contribution in [0.5, 0.6) is 11.5 Å². The van der Waals surface area contributed by atoms with Crippen LogP contribution in [-0.4, -0.2) is 53.4 Å². The SMILES string of the molecule is COc1ccccc1CN1CC(=O)N2C(Cc3c([nH]c4ccccc34)C2c2ccccc2OC)C1=O. The molecule has 4 aromatic rings. The van der Waals surface area contributed by atoms with Gasteiger partial charge in [-0.1, -0.05) is 54.6 Å². The molecule has 3 aromatic carbocycles. The summed E-state index contributed by atoms with van der Waals surface area (Å²) in [5, 5.41) is 1.08. The smallest absolute Gasteiger partial charge is 0.246 e. The Morgan fingerprint density at radius 1 is 0.889 bits per heavy atom. The van der Waals surface area contributed by atoms with E-state index in [1.165, 1.54) is 0 Å². The van der Waals surface area contributed by atoms with Crippen LogP contribution >= 0.6 is 0 Å². The minimum atomic E-state index is -0.609. The molecule has 2 aliphatic heterocycles. The van der Waals surface area contributed by atoms with Gasteiger partial charge in [-0.05, 0) is 23.8 Å². The lowest BCUT2D eigenvalue weighted by molar-refractivity contribution is -0.159. The quantitative estimate of drug-likeness (QED) is 0.466. The normalized spacial score (nSPS) is 19.3. The van der Waals surface area contributed by atoms with E-state index in [4.69, 9.17) is 9.47 Å². The molecule has 1 aromatic heterocycles. The maximum absolute atomic E-state index is 14.0. The number of fused-ring (bicyclic) bond motifs is 4. The van der Waals surface area contributed by atoms with Gasteiger partial charge in [0.25, 0.3) is 0 Å². The lowest BCUT2D eigenvalue weighted by Gasteiger charge is -2.47. The van der Waals surface area contributed by atoms with Gasteiger partial charge in [0, 0.05) is 40.7 Å². The number of hydrogen-bond acceptors (Lipinski definition) is 4. The molecule has 7 nitrogen and oxygen atoms in total. The number of amides is 2. The fourth-order valence-corrected chi connectivity index (χ4v) is 5.71. The standard InChI is InChI=1S/C29H27N3O4/c1-35-24-13-7-3-9-18(24)16-31-17-26(33)32-23(29(31)34)15-21-19-10-4-6-12-22(19)30-27(21)28(32)20-11-5-8-14-25(20)36-2/h3-14,23,28,30H,15-17H2,1-2H3. The highest BCUT2D eigenvalue weighted by molar-refractivity contribution is 5.97. The van der Waals surface area contributed by atoms with Gasteiger partial charge in [-0.25, -0.2) is 0 Å². The summed E-state index contributed by atoms with van der Waals surface area (Å²) in [5.74, 6) is 1.24. The molecule has 182 valence electrons. The van der Waals surface area contributed by atoms with E-state index in [1.54, 1.807) is 24.0 Å². The Morgan fingerprint density at radius 2 is 1.58 bits per heavy atom. The average molecular weight is 482 g/mol. The molecule has 2 amide bonds. The third-order valence-corrected chi connectivity index (χ3v) is 7.33. The Hall–Kier alpha value is -4.26. The first kappa shape index (κ1) is 22.2. The molecular weight excluding hydrogens is 454 g/mol. The molecule has 0 radical (unpaired) electrons. The Balaban J connectivity index is 1.47. The number of aromatic nitrogens is 1. The van der Waals surface area contributed by atoms with Crippen molar-refractivity contribution < 1.29 is 19.1 Å². The molecule has 0 spiro atoms. The Labute approximate surface area is 209 Å². The van der Waals surface area contributed by atoms with Crippen molar-refractivity contribution in [2.45, 2.75) is 25.0 Å². The zero-order chi connectivity index (χ0) is 24.8. The van der Waals surface area contributed by atoms with Gasteiger partial charge in [-0.3, -0.25) is 9.59 Å². The zero-order valence-corrected chi connectivity index (χ0v) is 20.2. The highest BCUT2D eigenvalue weighted by Crippen LogP contribution is 2.45. The number of H-pyrrole nitrogens is 1. The van der Waals surface area contributed by atoms with Crippen LogP contribution in [0.1, 0.15) is 28.4 Å². The summed E-state index contributed by atoms with van der Waals surface area (Å²) >= 11 is 0. The molecule has 2 unspecified atom stereocenters. The number of aromatic amines is 1. The monoisotopic (exact) mass is 481 g/mol. The third-order valence-electron chi connectivity index (χ3n) is 7.33. The Bertz CT molecular complexity index is 1480. The van der Waals surface area contributed by atoms with Gasteiger partial charge < -0.3 is 24.3 Å². The Morgan fingerprint density at radius 3 is 2.39 bits per heavy atom. The summed E-state index contributed by atoms with van der Waals surface area (Å²) in [6.07, 6.45) is 0.456. The number of carbonyl (C=O) groups excluding carboxylic acids is 2. The number of nitrogens with one attached hydrogen (secondary N) is 1. The van der Waals surface area contributed by atoms with Crippen LogP contribution in [0.3, 0.4) is 0 Å². The zero-order valence-electron chi connectivity index (χ0n) is 20.2. The number of para-hydroxylation sites is 3. The van der Waals surface area contributed by atoms with Crippen molar-refractivity contribution in [3.8, 4) is 11.5 Å². The van der Waals surface area contributed by atoms with Crippen LogP contribution in [0, 0.1) is 0 Å². The number of methoxy groups -OCH3 is 2. The van der Waals surface area contributed by atoms with Crippen molar-refractivity contribution in [1.29, 1.82) is 0 Å². The van der Waals surface area contributed by atoms with Gasteiger partial charge in [-0.15, -0.1) is 0 Å². The first-order valence-corrected chi connectivity index (χ1v) is 12.0. The van der Waals surface area contributed by atoms with Gasteiger partial charge in [0.1, 0.15) is 30.1 Å². The number of rotatable bonds is 5. The highest BCUT2D eigenvalue weighted by Gasteiger charge is 2.48. The van der Waals surface area contributed by atoms with E-state index in [2.05, 4.69) is 11.1 Å². The summed E-state index contributed by atoms with van der Waals surface area (Å²) in [5.41, 5.74) is 4.74. The summed E-state index contributed by atoms with van der Waals surface area (Å²) in [4.78, 5) is 34.7. The molecule has 0 aliphatic carbocycles. The lowest BCUT2D eigenvalue weighted by Crippen LogP contribution is -2.62. The molecular formula is C29H27N3O4. The molecule has 7 heteroatoms. The van der Waals surface area contributed by atoms with Crippen LogP contribution in [0.15, 0.2) is 72.8 Å². The number of hydrogen-bond donors (Lipinski definition) is 1. The maximum Gasteiger partial charge on any atom is 0.246 e. The van der Waals surface area contributed by atoms with E-state index in [1.807, 2.05) is 66.7 Å². The summed E-state index contributed by atoms with van der Waals surface area (Å²) in [6.45, 7) is 0.327. The van der Waals surface area contributed by atoms with Crippen molar-refractivity contribution in [3.63, 3.8) is 0 Å². The van der Waals surface area contributed by atoms with Crippen molar-refractivity contribution >= 4 is 22.7 Å². The molecule has 1 saturated heterocycles. The van der Waals surface area contributed by atoms with Crippen LogP contribution < -0.4 is 9.47 Å². The van der Waals surface area contributed by atoms with E-state index >= 15 is 0 Å². The molecule has 0 bridgehead atoms. The maximum atomic E-state index is 14.0. The van der Waals surface area contributed by atoms with Gasteiger partial charge in [0.2, 0.25) is 11.8 Å². The highest BCUT2D eigenvalue weighted by atomic mass is 16.5. The molecule has 1 N–H and O–H groups in total. The number of piperazine rings is 1. The summed E-state index contributed by atoms with van der Waals surface area (Å²) in [6, 6.07) is 22.4. The van der Waals surface area contributed by atoms with E-state index in [-0.39, 0.29) is 18.4 Å². The molecule has 36 heavy (non-hydrogen) atoms. The first-order chi connectivity index (χ1) is 17.6. The summed E-state index contributed by atoms with van der Waals surface area (Å²) < 4.78 is 11.2. The molecule has 2 aliphatic rings. The fourth-order valence-electron chi connectivity index (χ4n) is 5.71. The minimum Gasteiger partial charge on any atom is -0.496 e. The Kier molecular flexibility index (Phi) is 5.40. The number of benzene rings is 3. The van der Waals surface area contributed by atoms with Crippen molar-refractivity contribution in [2.24, 2.45) is 0 Å². The summed E-state index contributed by atoms with van der Waals surface area (Å²) in [7, 11) is 3.24. The van der Waals surface area contributed by atoms with E-state index in [9.17, 15) is 9.59 Å². The predicted octanol–water partition coefficient (Wildman–Crippen LogP) is 4.07. The topological polar surface area (TPSA) is 74.9 Å². The second-order valence-electron chi connectivity index (χ2n) is 9.23. The fraction of sp³-hybridized carbons (Fsp3) is 0.241. The van der Waals surface area contributed by atoms with Gasteiger partial charge >= 0.3 is 0 Å². The van der Waals surface area contributed by atoms with E-state index < -0.39 is 12.1 Å². The van der Waals surface area contributed by atoms with E-state index in [0.29, 0.717) is 24.5 Å². The number of nitrogens with zero attached hydrogens (tertiary/aromatic N) is 2. The second kappa shape index (κ2) is 8.75. The molecule has 6 rings (SSSR count). The second-order valence-corrected chi connectivity index (χ2v) is 9.23. The number of carbonyl (C=O) groups is 2. The van der Waals surface area contributed by atoms with Gasteiger partial charge in [-0.2, -0.15) is 0 Å². The molecule has 3 heterocycles. The van der Waals surface area contributed by atoms with Crippen LogP contribution in [0.25, 0.3) is 10.9 Å². The van der Waals surface area contributed by atoms with E-state index in [0.717, 1.165) is 33.3 Å². The van der Waals surface area contributed by atoms with Crippen molar-refractivity contribution in [1.82, 2.24) is 14.8 Å². The number of ether oxygens (including phenoxy) is 2. The van der Waals surface area contributed by atoms with Crippen LogP contribution in [-0.2, 0) is 22.6 Å². The van der Waals surface area contributed by atoms with Crippen molar-refractivity contribution in [2.75, 3.05) is 20.8 Å². The third kappa shape index (κ3) is 3.42. The lowest BCUT2D eigenvalue weighted by atomic mass is 9.85. The average Bonchev–Trinajstić information content (AvgIpc) is 3.29. The van der Waals surface area contributed by atoms with Gasteiger partial charge in [0.05, 0.1) is 14.2 Å². The van der Waals surface area contributed by atoms with Crippen molar-refractivity contribution in [3.05, 3.63) is 95.2 Å². The first-order valence-electron chi connectivity index (χ1n) is 12.0. The predicted molar refractivity (Wildman–Crippen MR) is 136 cm³/mol. The molecule has 1 fully saturated rings. The van der Waals surface area contributed by atoms with Crippen LogP contribution in [0.2, 0.25) is 0 Å².